The van der Waals surface area contributed by atoms with Gasteiger partial charge < -0.3 is 13.3 Å². The fourth-order valence-electron chi connectivity index (χ4n) is 3.01. The van der Waals surface area contributed by atoms with Gasteiger partial charge in [0.05, 0.1) is 24.1 Å². The highest BCUT2D eigenvalue weighted by Gasteiger charge is 2.22. The number of rotatable bonds is 9. The van der Waals surface area contributed by atoms with Crippen LogP contribution < -0.4 is 14.3 Å². The van der Waals surface area contributed by atoms with Crippen molar-refractivity contribution in [1.82, 2.24) is 10.4 Å². The lowest BCUT2D eigenvalue weighted by Crippen LogP contribution is -2.19. The number of carbonyl (C=O) groups excluding carboxylic acids is 1. The van der Waals surface area contributed by atoms with Gasteiger partial charge in [-0.2, -0.15) is 13.5 Å². The lowest BCUT2D eigenvalue weighted by Gasteiger charge is -2.13. The van der Waals surface area contributed by atoms with Crippen LogP contribution in [-0.2, 0) is 14.9 Å². The zero-order valence-corrected chi connectivity index (χ0v) is 21.5. The SMILES string of the molecule is COc1cc(/C=N\NC(=O)CSc2nc3ccccc3o2)cc(Cl)c1OS(=O)(=O)c1ccc(C)cc1. The summed E-state index contributed by atoms with van der Waals surface area (Å²) in [5.41, 5.74) is 5.11. The van der Waals surface area contributed by atoms with Crippen molar-refractivity contribution in [1.29, 1.82) is 0 Å². The number of ether oxygens (including phenoxy) is 1. The fourth-order valence-corrected chi connectivity index (χ4v) is 4.90. The molecule has 0 unspecified atom stereocenters. The van der Waals surface area contributed by atoms with E-state index in [1.807, 2.05) is 25.1 Å². The molecule has 1 heterocycles. The summed E-state index contributed by atoms with van der Waals surface area (Å²) < 4.78 is 41.4. The maximum Gasteiger partial charge on any atom is 0.339 e. The standard InChI is InChI=1S/C24H20ClN3O6S2/c1-15-7-9-17(10-8-15)36(30,31)34-23-18(25)11-16(12-21(23)32-2)13-26-28-22(29)14-35-24-27-19-5-3-4-6-20(19)33-24/h3-13H,14H2,1-2H3,(H,28,29)/b26-13-. The van der Waals surface area contributed by atoms with E-state index in [1.54, 1.807) is 18.2 Å². The number of aromatic nitrogens is 1. The smallest absolute Gasteiger partial charge is 0.339 e. The predicted molar refractivity (Wildman–Crippen MR) is 137 cm³/mol. The minimum Gasteiger partial charge on any atom is -0.493 e. The van der Waals surface area contributed by atoms with Crippen LogP contribution in [-0.4, -0.2) is 38.4 Å². The number of hydrogen-bond acceptors (Lipinski definition) is 9. The second-order valence-electron chi connectivity index (χ2n) is 7.41. The number of aryl methyl sites for hydroxylation is 1. The van der Waals surface area contributed by atoms with E-state index in [9.17, 15) is 13.2 Å². The first-order valence-electron chi connectivity index (χ1n) is 10.4. The number of hydrazone groups is 1. The van der Waals surface area contributed by atoms with E-state index < -0.39 is 10.1 Å². The number of benzene rings is 3. The highest BCUT2D eigenvalue weighted by atomic mass is 35.5. The van der Waals surface area contributed by atoms with Gasteiger partial charge >= 0.3 is 10.1 Å². The average molecular weight is 546 g/mol. The van der Waals surface area contributed by atoms with Gasteiger partial charge in [-0.3, -0.25) is 4.79 Å². The quantitative estimate of drug-likeness (QED) is 0.138. The molecule has 0 saturated heterocycles. The largest absolute Gasteiger partial charge is 0.493 e. The average Bonchev–Trinajstić information content (AvgIpc) is 3.27. The van der Waals surface area contributed by atoms with Crippen molar-refractivity contribution >= 4 is 56.7 Å². The normalized spacial score (nSPS) is 11.6. The summed E-state index contributed by atoms with van der Waals surface area (Å²) in [6, 6.07) is 16.4. The number of fused-ring (bicyclic) bond motifs is 1. The van der Waals surface area contributed by atoms with Gasteiger partial charge in [0.1, 0.15) is 10.4 Å². The Balaban J connectivity index is 1.39. The summed E-state index contributed by atoms with van der Waals surface area (Å²) in [6.07, 6.45) is 1.34. The molecule has 0 atom stereocenters. The number of nitrogens with one attached hydrogen (secondary N) is 1. The molecule has 3 aromatic carbocycles. The topological polar surface area (TPSA) is 120 Å². The van der Waals surface area contributed by atoms with Crippen LogP contribution in [0, 0.1) is 6.92 Å². The molecule has 0 aliphatic heterocycles. The second kappa shape index (κ2) is 11.0. The van der Waals surface area contributed by atoms with E-state index in [0.29, 0.717) is 21.9 Å². The van der Waals surface area contributed by atoms with Crippen LogP contribution in [0.5, 0.6) is 11.5 Å². The molecule has 36 heavy (non-hydrogen) atoms. The zero-order valence-electron chi connectivity index (χ0n) is 19.1. The third-order valence-electron chi connectivity index (χ3n) is 4.76. The van der Waals surface area contributed by atoms with Gasteiger partial charge in [0.15, 0.2) is 11.3 Å². The molecule has 0 aliphatic rings. The molecule has 1 N–H and O–H groups in total. The van der Waals surface area contributed by atoms with E-state index in [2.05, 4.69) is 15.5 Å². The summed E-state index contributed by atoms with van der Waals surface area (Å²) in [7, 11) is -2.78. The van der Waals surface area contributed by atoms with E-state index in [-0.39, 0.29) is 33.1 Å². The molecule has 1 amide bonds. The highest BCUT2D eigenvalue weighted by molar-refractivity contribution is 7.99. The maximum atomic E-state index is 12.7. The van der Waals surface area contributed by atoms with E-state index in [1.165, 1.54) is 37.6 Å². The van der Waals surface area contributed by atoms with Gasteiger partial charge in [-0.1, -0.05) is 53.2 Å². The van der Waals surface area contributed by atoms with E-state index in [4.69, 9.17) is 24.9 Å². The third kappa shape index (κ3) is 6.17. The molecule has 9 nitrogen and oxygen atoms in total. The monoisotopic (exact) mass is 545 g/mol. The number of carbonyl (C=O) groups is 1. The van der Waals surface area contributed by atoms with Gasteiger partial charge in [0.2, 0.25) is 5.75 Å². The Morgan fingerprint density at radius 1 is 1.19 bits per heavy atom. The molecule has 186 valence electrons. The van der Waals surface area contributed by atoms with Gasteiger partial charge in [-0.15, -0.1) is 0 Å². The molecule has 0 fully saturated rings. The number of hydrogen-bond donors (Lipinski definition) is 1. The Bertz CT molecular complexity index is 1500. The molecule has 0 bridgehead atoms. The number of para-hydroxylation sites is 2. The van der Waals surface area contributed by atoms with Crippen LogP contribution >= 0.6 is 23.4 Å². The first-order valence-corrected chi connectivity index (χ1v) is 13.2. The number of halogens is 1. The lowest BCUT2D eigenvalue weighted by molar-refractivity contribution is -0.118. The Morgan fingerprint density at radius 2 is 1.94 bits per heavy atom. The third-order valence-corrected chi connectivity index (χ3v) is 7.10. The predicted octanol–water partition coefficient (Wildman–Crippen LogP) is 4.81. The van der Waals surface area contributed by atoms with Crippen LogP contribution in [0.25, 0.3) is 11.1 Å². The first kappa shape index (κ1) is 25.5. The van der Waals surface area contributed by atoms with Gasteiger partial charge in [-0.05, 0) is 48.9 Å². The maximum absolute atomic E-state index is 12.7. The van der Waals surface area contributed by atoms with Crippen molar-refractivity contribution in [3.63, 3.8) is 0 Å². The minimum absolute atomic E-state index is 0.00988. The van der Waals surface area contributed by atoms with Crippen molar-refractivity contribution in [2.24, 2.45) is 5.10 Å². The molecule has 1 aromatic heterocycles. The molecule has 4 rings (SSSR count). The minimum atomic E-state index is -4.13. The molecule has 0 aliphatic carbocycles. The van der Waals surface area contributed by atoms with E-state index in [0.717, 1.165) is 17.3 Å². The van der Waals surface area contributed by atoms with Crippen LogP contribution in [0.15, 0.2) is 80.3 Å². The Morgan fingerprint density at radius 3 is 2.67 bits per heavy atom. The van der Waals surface area contributed by atoms with Crippen LogP contribution in [0.1, 0.15) is 11.1 Å². The van der Waals surface area contributed by atoms with Crippen molar-refractivity contribution in [3.8, 4) is 11.5 Å². The highest BCUT2D eigenvalue weighted by Crippen LogP contribution is 2.38. The Labute approximate surface area is 216 Å². The van der Waals surface area contributed by atoms with Gasteiger partial charge in [0, 0.05) is 0 Å². The Hall–Kier alpha value is -3.54. The number of oxazole rings is 1. The molecular formula is C24H20ClN3O6S2. The van der Waals surface area contributed by atoms with Crippen LogP contribution in [0.2, 0.25) is 5.02 Å². The number of amides is 1. The van der Waals surface area contributed by atoms with E-state index >= 15 is 0 Å². The number of thioether (sulfide) groups is 1. The van der Waals surface area contributed by atoms with Crippen molar-refractivity contribution < 1.29 is 26.5 Å². The first-order chi connectivity index (χ1) is 17.2. The van der Waals surface area contributed by atoms with Crippen molar-refractivity contribution in [2.45, 2.75) is 17.0 Å². The Kier molecular flexibility index (Phi) is 7.82. The second-order valence-corrected chi connectivity index (χ2v) is 10.3. The molecule has 0 spiro atoms. The van der Waals surface area contributed by atoms with Gasteiger partial charge in [-0.25, -0.2) is 10.4 Å². The van der Waals surface area contributed by atoms with Crippen LogP contribution in [0.4, 0.5) is 0 Å². The lowest BCUT2D eigenvalue weighted by atomic mass is 10.2. The summed E-state index contributed by atoms with van der Waals surface area (Å²) in [5, 5.41) is 4.28. The van der Waals surface area contributed by atoms with Crippen LogP contribution in [0.3, 0.4) is 0 Å². The fraction of sp³-hybridized carbons (Fsp3) is 0.125. The zero-order chi connectivity index (χ0) is 25.7. The molecular weight excluding hydrogens is 526 g/mol. The summed E-state index contributed by atoms with van der Waals surface area (Å²) in [4.78, 5) is 16.4. The number of nitrogens with zero attached hydrogens (tertiary/aromatic N) is 2. The van der Waals surface area contributed by atoms with Crippen molar-refractivity contribution in [3.05, 3.63) is 76.8 Å². The molecule has 4 aromatic rings. The molecule has 12 heteroatoms. The van der Waals surface area contributed by atoms with Crippen molar-refractivity contribution in [2.75, 3.05) is 12.9 Å². The molecule has 0 saturated carbocycles. The van der Waals surface area contributed by atoms with Gasteiger partial charge in [0.25, 0.3) is 11.1 Å². The summed E-state index contributed by atoms with van der Waals surface area (Å²) in [6.45, 7) is 1.84. The summed E-state index contributed by atoms with van der Waals surface area (Å²) >= 11 is 7.42. The molecule has 0 radical (unpaired) electrons. The summed E-state index contributed by atoms with van der Waals surface area (Å²) in [5.74, 6) is -0.411. The number of methoxy groups -OCH3 is 1.